The van der Waals surface area contributed by atoms with Crippen molar-refractivity contribution in [2.75, 3.05) is 0 Å². The third-order valence-electron chi connectivity index (χ3n) is 5.33. The van der Waals surface area contributed by atoms with E-state index in [1.54, 1.807) is 12.1 Å². The third kappa shape index (κ3) is 4.29. The van der Waals surface area contributed by atoms with Gasteiger partial charge in [0.15, 0.2) is 0 Å². The number of nitrogens with one attached hydrogen (secondary N) is 2. The van der Waals surface area contributed by atoms with Crippen molar-refractivity contribution in [1.29, 1.82) is 0 Å². The normalized spacial score (nSPS) is 20.7. The van der Waals surface area contributed by atoms with E-state index in [0.717, 1.165) is 24.0 Å². The van der Waals surface area contributed by atoms with Gasteiger partial charge in [0, 0.05) is 41.1 Å². The Morgan fingerprint density at radius 1 is 1.00 bits per heavy atom. The molecule has 0 saturated carbocycles. The predicted molar refractivity (Wildman–Crippen MR) is 109 cm³/mol. The van der Waals surface area contributed by atoms with Crippen LogP contribution in [0.25, 0.3) is 11.3 Å². The summed E-state index contributed by atoms with van der Waals surface area (Å²) >= 11 is 0. The first kappa shape index (κ1) is 19.5. The van der Waals surface area contributed by atoms with Gasteiger partial charge < -0.3 is 10.1 Å². The van der Waals surface area contributed by atoms with Crippen molar-refractivity contribution < 1.29 is 14.3 Å². The fraction of sp³-hybridized carbons (Fsp3) is 0.455. The number of carbonyl (C=O) groups excluding carboxylic acids is 2. The highest BCUT2D eigenvalue weighted by Crippen LogP contribution is 2.31. The number of aromatic nitrogens is 2. The molecule has 3 heterocycles. The van der Waals surface area contributed by atoms with Crippen LogP contribution in [0.4, 0.5) is 0 Å². The van der Waals surface area contributed by atoms with Gasteiger partial charge in [-0.15, -0.1) is 10.2 Å². The van der Waals surface area contributed by atoms with Crippen LogP contribution in [-0.2, 0) is 11.2 Å². The number of imide groups is 1. The zero-order valence-corrected chi connectivity index (χ0v) is 17.2. The Morgan fingerprint density at radius 3 is 2.38 bits per heavy atom. The number of piperidine rings is 1. The summed E-state index contributed by atoms with van der Waals surface area (Å²) in [6, 6.07) is 9.06. The molecular weight excluding hydrogens is 368 g/mol. The highest BCUT2D eigenvalue weighted by molar-refractivity contribution is 6.10. The van der Waals surface area contributed by atoms with Crippen LogP contribution in [0.15, 0.2) is 30.3 Å². The SMILES string of the molecule is CC1(C)CC(Oc2ccc(-c3ccc4c(c3)C(=O)NC(=O)C4)nn2)CC(C)(C)N1. The van der Waals surface area contributed by atoms with E-state index in [9.17, 15) is 9.59 Å². The molecular formula is C22H26N4O3. The Hall–Kier alpha value is -2.80. The van der Waals surface area contributed by atoms with E-state index in [1.165, 1.54) is 0 Å². The minimum Gasteiger partial charge on any atom is -0.473 e. The molecule has 1 aromatic carbocycles. The van der Waals surface area contributed by atoms with Gasteiger partial charge in [-0.1, -0.05) is 12.1 Å². The van der Waals surface area contributed by atoms with Crippen LogP contribution in [-0.4, -0.2) is 39.2 Å². The number of benzene rings is 1. The smallest absolute Gasteiger partial charge is 0.258 e. The number of fused-ring (bicyclic) bond motifs is 1. The molecule has 0 spiro atoms. The van der Waals surface area contributed by atoms with Crippen molar-refractivity contribution in [1.82, 2.24) is 20.8 Å². The molecule has 152 valence electrons. The molecule has 2 aliphatic heterocycles. The van der Waals surface area contributed by atoms with E-state index in [2.05, 4.69) is 48.5 Å². The van der Waals surface area contributed by atoms with Gasteiger partial charge in [-0.3, -0.25) is 14.9 Å². The van der Waals surface area contributed by atoms with E-state index < -0.39 is 0 Å². The first-order chi connectivity index (χ1) is 13.6. The fourth-order valence-electron chi connectivity index (χ4n) is 4.53. The molecule has 0 aliphatic carbocycles. The molecule has 2 N–H and O–H groups in total. The van der Waals surface area contributed by atoms with E-state index >= 15 is 0 Å². The summed E-state index contributed by atoms with van der Waals surface area (Å²) in [6.45, 7) is 8.72. The van der Waals surface area contributed by atoms with Gasteiger partial charge in [-0.05, 0) is 45.4 Å². The second-order valence-electron chi connectivity index (χ2n) is 9.22. The van der Waals surface area contributed by atoms with Crippen LogP contribution in [0.1, 0.15) is 56.5 Å². The van der Waals surface area contributed by atoms with Gasteiger partial charge in [-0.25, -0.2) is 0 Å². The first-order valence-electron chi connectivity index (χ1n) is 9.87. The maximum atomic E-state index is 12.1. The lowest BCUT2D eigenvalue weighted by molar-refractivity contribution is -0.119. The lowest BCUT2D eigenvalue weighted by Crippen LogP contribution is -2.60. The van der Waals surface area contributed by atoms with Crippen molar-refractivity contribution in [2.24, 2.45) is 0 Å². The summed E-state index contributed by atoms with van der Waals surface area (Å²) in [5.74, 6) is -0.156. The Morgan fingerprint density at radius 2 is 1.72 bits per heavy atom. The number of amides is 2. The summed E-state index contributed by atoms with van der Waals surface area (Å²) in [5, 5.41) is 14.5. The number of nitrogens with zero attached hydrogens (tertiary/aromatic N) is 2. The quantitative estimate of drug-likeness (QED) is 0.778. The van der Waals surface area contributed by atoms with Crippen molar-refractivity contribution in [3.05, 3.63) is 41.5 Å². The van der Waals surface area contributed by atoms with Crippen LogP contribution in [0, 0.1) is 0 Å². The van der Waals surface area contributed by atoms with E-state index in [-0.39, 0.29) is 35.4 Å². The third-order valence-corrected chi connectivity index (χ3v) is 5.33. The van der Waals surface area contributed by atoms with Gasteiger partial charge in [0.1, 0.15) is 6.10 Å². The average molecular weight is 394 g/mol. The lowest BCUT2D eigenvalue weighted by atomic mass is 9.81. The van der Waals surface area contributed by atoms with Crippen LogP contribution in [0.5, 0.6) is 5.88 Å². The molecule has 1 saturated heterocycles. The highest BCUT2D eigenvalue weighted by Gasteiger charge is 2.38. The summed E-state index contributed by atoms with van der Waals surface area (Å²) in [6.07, 6.45) is 2.05. The maximum Gasteiger partial charge on any atom is 0.258 e. The summed E-state index contributed by atoms with van der Waals surface area (Å²) in [5.41, 5.74) is 2.64. The van der Waals surface area contributed by atoms with Crippen LogP contribution in [0.3, 0.4) is 0 Å². The predicted octanol–water partition coefficient (Wildman–Crippen LogP) is 2.64. The Balaban J connectivity index is 1.51. The Labute approximate surface area is 170 Å². The number of hydrogen-bond donors (Lipinski definition) is 2. The lowest BCUT2D eigenvalue weighted by Gasteiger charge is -2.46. The highest BCUT2D eigenvalue weighted by atomic mass is 16.5. The minimum absolute atomic E-state index is 0.00905. The van der Waals surface area contributed by atoms with Gasteiger partial charge in [0.05, 0.1) is 12.1 Å². The molecule has 1 aromatic heterocycles. The molecule has 29 heavy (non-hydrogen) atoms. The zero-order valence-electron chi connectivity index (χ0n) is 17.2. The molecule has 0 atom stereocenters. The molecule has 1 fully saturated rings. The van der Waals surface area contributed by atoms with Crippen molar-refractivity contribution in [3.63, 3.8) is 0 Å². The molecule has 0 radical (unpaired) electrons. The largest absolute Gasteiger partial charge is 0.473 e. The van der Waals surface area contributed by atoms with E-state index in [4.69, 9.17) is 4.74 Å². The first-order valence-corrected chi connectivity index (χ1v) is 9.87. The molecule has 4 rings (SSSR count). The average Bonchev–Trinajstić information content (AvgIpc) is 2.59. The summed E-state index contributed by atoms with van der Waals surface area (Å²) in [4.78, 5) is 23.6. The zero-order chi connectivity index (χ0) is 20.8. The van der Waals surface area contributed by atoms with Crippen molar-refractivity contribution >= 4 is 11.8 Å². The van der Waals surface area contributed by atoms with E-state index in [1.807, 2.05) is 18.2 Å². The molecule has 0 bridgehead atoms. The van der Waals surface area contributed by atoms with Crippen LogP contribution < -0.4 is 15.4 Å². The number of rotatable bonds is 3. The molecule has 7 nitrogen and oxygen atoms in total. The van der Waals surface area contributed by atoms with Crippen molar-refractivity contribution in [2.45, 2.75) is 64.1 Å². The number of hydrogen-bond acceptors (Lipinski definition) is 6. The second-order valence-corrected chi connectivity index (χ2v) is 9.22. The number of carbonyl (C=O) groups is 2. The monoisotopic (exact) mass is 394 g/mol. The van der Waals surface area contributed by atoms with E-state index in [0.29, 0.717) is 17.1 Å². The van der Waals surface area contributed by atoms with Gasteiger partial charge in [0.2, 0.25) is 11.8 Å². The summed E-state index contributed by atoms with van der Waals surface area (Å²) < 4.78 is 6.12. The summed E-state index contributed by atoms with van der Waals surface area (Å²) in [7, 11) is 0. The minimum atomic E-state index is -0.373. The van der Waals surface area contributed by atoms with Gasteiger partial charge >= 0.3 is 0 Å². The molecule has 2 amide bonds. The van der Waals surface area contributed by atoms with Crippen LogP contribution in [0.2, 0.25) is 0 Å². The molecule has 0 unspecified atom stereocenters. The fourth-order valence-corrected chi connectivity index (χ4v) is 4.53. The number of ether oxygens (including phenoxy) is 1. The molecule has 2 aliphatic rings. The topological polar surface area (TPSA) is 93.2 Å². The van der Waals surface area contributed by atoms with Gasteiger partial charge in [-0.2, -0.15) is 0 Å². The second kappa shape index (κ2) is 6.91. The maximum absolute atomic E-state index is 12.1. The van der Waals surface area contributed by atoms with Crippen LogP contribution >= 0.6 is 0 Å². The molecule has 2 aromatic rings. The van der Waals surface area contributed by atoms with Crippen molar-refractivity contribution in [3.8, 4) is 17.1 Å². The molecule has 7 heteroatoms. The Bertz CT molecular complexity index is 951. The standard InChI is InChI=1S/C22H26N4O3/c1-21(2)11-15(12-22(3,4)26-21)29-19-8-7-17(24-25-19)14-6-5-13-10-18(27)23-20(28)16(13)9-14/h5-9,15,26H,10-12H2,1-4H3,(H,23,27,28). The Kier molecular flexibility index (Phi) is 4.65. The van der Waals surface area contributed by atoms with Gasteiger partial charge in [0.25, 0.3) is 5.91 Å².